The van der Waals surface area contributed by atoms with Gasteiger partial charge in [-0.2, -0.15) is 0 Å². The zero-order valence-corrected chi connectivity index (χ0v) is 24.7. The van der Waals surface area contributed by atoms with E-state index in [2.05, 4.69) is 5.32 Å². The molecule has 1 unspecified atom stereocenters. The minimum absolute atomic E-state index is 0.0329. The van der Waals surface area contributed by atoms with E-state index in [1.807, 2.05) is 58.9 Å². The summed E-state index contributed by atoms with van der Waals surface area (Å²) in [4.78, 5) is 28.6. The number of rotatable bonds is 13. The molecule has 0 aliphatic carbocycles. The second-order valence-electron chi connectivity index (χ2n) is 9.52. The molecule has 2 amide bonds. The number of aryl methyl sites for hydroxylation is 2. The molecule has 0 saturated heterocycles. The highest BCUT2D eigenvalue weighted by Crippen LogP contribution is 2.27. The van der Waals surface area contributed by atoms with Crippen molar-refractivity contribution in [3.63, 3.8) is 0 Å². The van der Waals surface area contributed by atoms with E-state index in [4.69, 9.17) is 4.74 Å². The molecule has 8 nitrogen and oxygen atoms in total. The van der Waals surface area contributed by atoms with Crippen LogP contribution >= 0.6 is 0 Å². The summed E-state index contributed by atoms with van der Waals surface area (Å²) >= 11 is 0. The van der Waals surface area contributed by atoms with Crippen LogP contribution in [0.3, 0.4) is 0 Å². The van der Waals surface area contributed by atoms with Gasteiger partial charge < -0.3 is 15.0 Å². The highest BCUT2D eigenvalue weighted by molar-refractivity contribution is 7.92. The summed E-state index contributed by atoms with van der Waals surface area (Å²) in [6, 6.07) is 20.0. The molecule has 0 fully saturated rings. The first kappa shape index (κ1) is 30.7. The van der Waals surface area contributed by atoms with Gasteiger partial charge in [0.25, 0.3) is 10.0 Å². The van der Waals surface area contributed by atoms with Gasteiger partial charge in [-0.1, -0.05) is 48.9 Å². The molecule has 214 valence electrons. The Labute approximate surface area is 238 Å². The van der Waals surface area contributed by atoms with Gasteiger partial charge in [0.05, 0.1) is 17.2 Å². The van der Waals surface area contributed by atoms with Crippen molar-refractivity contribution in [2.24, 2.45) is 0 Å². The molecule has 40 heavy (non-hydrogen) atoms. The number of likely N-dealkylation sites (N-methyl/N-ethyl adjacent to an activating group) is 1. The number of nitrogens with zero attached hydrogens (tertiary/aromatic N) is 2. The number of nitrogens with one attached hydrogen (secondary N) is 1. The number of ether oxygens (including phenoxy) is 1. The average molecular weight is 566 g/mol. The lowest BCUT2D eigenvalue weighted by Crippen LogP contribution is -2.52. The van der Waals surface area contributed by atoms with Crippen molar-refractivity contribution in [1.82, 2.24) is 10.2 Å². The van der Waals surface area contributed by atoms with Gasteiger partial charge in [-0.25, -0.2) is 8.42 Å². The zero-order valence-electron chi connectivity index (χ0n) is 23.9. The number of carbonyl (C=O) groups is 2. The van der Waals surface area contributed by atoms with Crippen LogP contribution in [0.25, 0.3) is 0 Å². The largest absolute Gasteiger partial charge is 0.494 e. The first-order chi connectivity index (χ1) is 19.1. The van der Waals surface area contributed by atoms with Gasteiger partial charge in [-0.05, 0) is 81.6 Å². The fourth-order valence-electron chi connectivity index (χ4n) is 4.42. The van der Waals surface area contributed by atoms with Gasteiger partial charge in [0.1, 0.15) is 18.3 Å². The Morgan fingerprint density at radius 3 is 2.12 bits per heavy atom. The number of amides is 2. The summed E-state index contributed by atoms with van der Waals surface area (Å²) in [6.45, 7) is 9.94. The molecule has 0 aliphatic heterocycles. The van der Waals surface area contributed by atoms with Crippen molar-refractivity contribution in [3.8, 4) is 5.75 Å². The Bertz CT molecular complexity index is 1390. The standard InChI is InChI=1S/C31H39N3O5S/c1-6-29(31(36)32-7-2)33(21-25-12-10-9-11-24(25)5)30(35)22-34(26-15-13-23(4)14-16-26)40(37,38)28-19-17-27(18-20-28)39-8-3/h9-20,29H,6-8,21-22H2,1-5H3,(H,32,36). The lowest BCUT2D eigenvalue weighted by atomic mass is 10.1. The zero-order chi connectivity index (χ0) is 29.3. The van der Waals surface area contributed by atoms with Crippen LogP contribution in [0.4, 0.5) is 5.69 Å². The minimum Gasteiger partial charge on any atom is -0.494 e. The topological polar surface area (TPSA) is 96.0 Å². The molecule has 0 bridgehead atoms. The molecular formula is C31H39N3O5S. The van der Waals surface area contributed by atoms with E-state index in [1.54, 1.807) is 36.4 Å². The quantitative estimate of drug-likeness (QED) is 0.320. The van der Waals surface area contributed by atoms with E-state index in [9.17, 15) is 18.0 Å². The molecule has 0 saturated carbocycles. The molecule has 9 heteroatoms. The van der Waals surface area contributed by atoms with Crippen molar-refractivity contribution in [2.75, 3.05) is 24.0 Å². The van der Waals surface area contributed by atoms with E-state index >= 15 is 0 Å². The number of carbonyl (C=O) groups excluding carboxylic acids is 2. The maximum Gasteiger partial charge on any atom is 0.264 e. The number of anilines is 1. The van der Waals surface area contributed by atoms with E-state index in [-0.39, 0.29) is 17.3 Å². The second kappa shape index (κ2) is 14.0. The van der Waals surface area contributed by atoms with E-state index in [0.717, 1.165) is 21.0 Å². The van der Waals surface area contributed by atoms with E-state index in [1.165, 1.54) is 17.0 Å². The number of benzene rings is 3. The van der Waals surface area contributed by atoms with Crippen molar-refractivity contribution in [1.29, 1.82) is 0 Å². The fraction of sp³-hybridized carbons (Fsp3) is 0.355. The summed E-state index contributed by atoms with van der Waals surface area (Å²) in [5.41, 5.74) is 3.17. The van der Waals surface area contributed by atoms with Crippen LogP contribution in [-0.2, 0) is 26.2 Å². The SMILES string of the molecule is CCNC(=O)C(CC)N(Cc1ccccc1C)C(=O)CN(c1ccc(C)cc1)S(=O)(=O)c1ccc(OCC)cc1. The summed E-state index contributed by atoms with van der Waals surface area (Å²) in [7, 11) is -4.14. The van der Waals surface area contributed by atoms with Gasteiger partial charge in [0.15, 0.2) is 0 Å². The molecule has 3 rings (SSSR count). The molecular weight excluding hydrogens is 526 g/mol. The summed E-state index contributed by atoms with van der Waals surface area (Å²) in [5.74, 6) is -0.198. The highest BCUT2D eigenvalue weighted by atomic mass is 32.2. The maximum absolute atomic E-state index is 14.1. The maximum atomic E-state index is 14.1. The third-order valence-corrected chi connectivity index (χ3v) is 8.45. The van der Waals surface area contributed by atoms with Crippen molar-refractivity contribution < 1.29 is 22.7 Å². The lowest BCUT2D eigenvalue weighted by molar-refractivity contribution is -0.140. The van der Waals surface area contributed by atoms with Crippen molar-refractivity contribution in [3.05, 3.63) is 89.5 Å². The fourth-order valence-corrected chi connectivity index (χ4v) is 5.84. The normalized spacial score (nSPS) is 11.9. The van der Waals surface area contributed by atoms with Crippen LogP contribution < -0.4 is 14.4 Å². The molecule has 3 aromatic carbocycles. The number of hydrogen-bond donors (Lipinski definition) is 1. The first-order valence-electron chi connectivity index (χ1n) is 13.6. The number of sulfonamides is 1. The molecule has 0 radical (unpaired) electrons. The predicted octanol–water partition coefficient (Wildman–Crippen LogP) is 4.84. The third kappa shape index (κ3) is 7.41. The van der Waals surface area contributed by atoms with Crippen LogP contribution in [0, 0.1) is 13.8 Å². The van der Waals surface area contributed by atoms with Gasteiger partial charge in [-0.15, -0.1) is 0 Å². The molecule has 1 atom stereocenters. The van der Waals surface area contributed by atoms with Gasteiger partial charge in [-0.3, -0.25) is 13.9 Å². The molecule has 0 aromatic heterocycles. The molecule has 1 N–H and O–H groups in total. The van der Waals surface area contributed by atoms with Crippen molar-refractivity contribution in [2.45, 2.75) is 58.5 Å². The van der Waals surface area contributed by atoms with Gasteiger partial charge >= 0.3 is 0 Å². The van der Waals surface area contributed by atoms with Crippen LogP contribution in [0.15, 0.2) is 77.7 Å². The van der Waals surface area contributed by atoms with Crippen molar-refractivity contribution >= 4 is 27.5 Å². The average Bonchev–Trinajstić information content (AvgIpc) is 2.93. The van der Waals surface area contributed by atoms with Crippen LogP contribution in [0.1, 0.15) is 43.9 Å². The van der Waals surface area contributed by atoms with E-state index in [0.29, 0.717) is 31.0 Å². The molecule has 0 spiro atoms. The first-order valence-corrected chi connectivity index (χ1v) is 15.0. The molecule has 0 heterocycles. The third-order valence-electron chi connectivity index (χ3n) is 6.66. The minimum atomic E-state index is -4.14. The Balaban J connectivity index is 2.05. The summed E-state index contributed by atoms with van der Waals surface area (Å²) in [5, 5.41) is 2.82. The predicted molar refractivity (Wildman–Crippen MR) is 158 cm³/mol. The van der Waals surface area contributed by atoms with E-state index < -0.39 is 28.5 Å². The van der Waals surface area contributed by atoms with Crippen LogP contribution in [0.5, 0.6) is 5.75 Å². The Hall–Kier alpha value is -3.85. The highest BCUT2D eigenvalue weighted by Gasteiger charge is 2.33. The number of hydrogen-bond acceptors (Lipinski definition) is 5. The Morgan fingerprint density at radius 1 is 0.900 bits per heavy atom. The second-order valence-corrected chi connectivity index (χ2v) is 11.4. The van der Waals surface area contributed by atoms with Crippen LogP contribution in [0.2, 0.25) is 0 Å². The lowest BCUT2D eigenvalue weighted by Gasteiger charge is -2.33. The summed E-state index contributed by atoms with van der Waals surface area (Å²) in [6.07, 6.45) is 0.375. The molecule has 3 aromatic rings. The van der Waals surface area contributed by atoms with Gasteiger partial charge in [0.2, 0.25) is 11.8 Å². The van der Waals surface area contributed by atoms with Crippen LogP contribution in [-0.4, -0.2) is 50.9 Å². The Morgan fingerprint density at radius 2 is 1.55 bits per heavy atom. The summed E-state index contributed by atoms with van der Waals surface area (Å²) < 4.78 is 34.5. The van der Waals surface area contributed by atoms with Gasteiger partial charge in [0, 0.05) is 13.1 Å². The Kier molecular flexibility index (Phi) is 10.7. The smallest absolute Gasteiger partial charge is 0.264 e. The monoisotopic (exact) mass is 565 g/mol. The molecule has 0 aliphatic rings.